The van der Waals surface area contributed by atoms with E-state index < -0.39 is 17.5 Å². The minimum absolute atomic E-state index is 0.179. The molecule has 0 saturated carbocycles. The summed E-state index contributed by atoms with van der Waals surface area (Å²) in [6, 6.07) is 7.42. The van der Waals surface area contributed by atoms with Crippen LogP contribution in [0.3, 0.4) is 0 Å². The van der Waals surface area contributed by atoms with E-state index in [2.05, 4.69) is 5.32 Å². The molecule has 2 rings (SSSR count). The Labute approximate surface area is 122 Å². The average Bonchev–Trinajstić information content (AvgIpc) is 2.87. The Balaban J connectivity index is 2.18. The molecule has 0 aromatic heterocycles. The second kappa shape index (κ2) is 5.67. The van der Waals surface area contributed by atoms with Crippen molar-refractivity contribution in [1.29, 1.82) is 0 Å². The molecule has 0 spiro atoms. The quantitative estimate of drug-likeness (QED) is 0.930. The zero-order valence-electron chi connectivity index (χ0n) is 12.1. The molecule has 3 nitrogen and oxygen atoms in total. The maximum absolute atomic E-state index is 13.3. The Morgan fingerprint density at radius 2 is 2.14 bits per heavy atom. The summed E-state index contributed by atoms with van der Waals surface area (Å²) in [5, 5.41) is 2.66. The highest BCUT2D eigenvalue weighted by Gasteiger charge is 2.62. The highest BCUT2D eigenvalue weighted by atomic mass is 19.4. The molecule has 21 heavy (non-hydrogen) atoms. The zero-order chi connectivity index (χ0) is 15.7. The van der Waals surface area contributed by atoms with Crippen molar-refractivity contribution < 1.29 is 18.0 Å². The summed E-state index contributed by atoms with van der Waals surface area (Å²) in [7, 11) is 1.43. The molecule has 1 amide bonds. The van der Waals surface area contributed by atoms with Crippen LogP contribution in [0.4, 0.5) is 13.2 Å². The molecule has 1 heterocycles. The van der Waals surface area contributed by atoms with Crippen LogP contribution in [0, 0.1) is 12.3 Å². The standard InChI is InChI=1S/C15H19F3N2O/c1-11-4-3-5-12(8-11)9-20(2)13(21)14(15(16,17)18)6-7-19-10-14/h3-5,8,19H,6-7,9-10H2,1-2H3. The Kier molecular flexibility index (Phi) is 4.27. The number of hydrogen-bond acceptors (Lipinski definition) is 2. The van der Waals surface area contributed by atoms with Crippen LogP contribution in [0.2, 0.25) is 0 Å². The lowest BCUT2D eigenvalue weighted by Crippen LogP contribution is -2.52. The molecule has 0 radical (unpaired) electrons. The number of hydrogen-bond donors (Lipinski definition) is 1. The molecule has 1 unspecified atom stereocenters. The van der Waals surface area contributed by atoms with Crippen molar-refractivity contribution in [3.8, 4) is 0 Å². The highest BCUT2D eigenvalue weighted by molar-refractivity contribution is 5.84. The first-order chi connectivity index (χ1) is 9.76. The lowest BCUT2D eigenvalue weighted by atomic mass is 9.84. The van der Waals surface area contributed by atoms with E-state index in [0.29, 0.717) is 0 Å². The summed E-state index contributed by atoms with van der Waals surface area (Å²) in [6.07, 6.45) is -4.73. The van der Waals surface area contributed by atoms with Crippen molar-refractivity contribution in [2.24, 2.45) is 5.41 Å². The minimum atomic E-state index is -4.53. The first-order valence-corrected chi connectivity index (χ1v) is 6.85. The van der Waals surface area contributed by atoms with Gasteiger partial charge in [-0.25, -0.2) is 0 Å². The van der Waals surface area contributed by atoms with E-state index in [1.54, 1.807) is 0 Å². The van der Waals surface area contributed by atoms with Gasteiger partial charge in [0.05, 0.1) is 0 Å². The Bertz CT molecular complexity index is 522. The number of carbonyl (C=O) groups excluding carboxylic acids is 1. The molecule has 1 aromatic rings. The van der Waals surface area contributed by atoms with Crippen LogP contribution in [-0.4, -0.2) is 37.1 Å². The average molecular weight is 300 g/mol. The number of nitrogens with zero attached hydrogens (tertiary/aromatic N) is 1. The fourth-order valence-corrected chi connectivity index (χ4v) is 2.76. The van der Waals surface area contributed by atoms with E-state index in [1.165, 1.54) is 11.9 Å². The number of benzene rings is 1. The molecule has 0 bridgehead atoms. The van der Waals surface area contributed by atoms with Crippen molar-refractivity contribution in [3.63, 3.8) is 0 Å². The number of nitrogens with one attached hydrogen (secondary N) is 1. The fourth-order valence-electron chi connectivity index (χ4n) is 2.76. The molecule has 0 aliphatic carbocycles. The Morgan fingerprint density at radius 3 is 2.67 bits per heavy atom. The van der Waals surface area contributed by atoms with Crippen LogP contribution >= 0.6 is 0 Å². The Morgan fingerprint density at radius 1 is 1.43 bits per heavy atom. The summed E-state index contributed by atoms with van der Waals surface area (Å²) >= 11 is 0. The number of aryl methyl sites for hydroxylation is 1. The van der Waals surface area contributed by atoms with Crippen LogP contribution in [0.15, 0.2) is 24.3 Å². The van der Waals surface area contributed by atoms with Crippen LogP contribution < -0.4 is 5.32 Å². The second-order valence-corrected chi connectivity index (χ2v) is 5.66. The van der Waals surface area contributed by atoms with Gasteiger partial charge < -0.3 is 10.2 Å². The summed E-state index contributed by atoms with van der Waals surface area (Å²) in [5.74, 6) is -0.860. The molecule has 1 aliphatic rings. The molecule has 1 atom stereocenters. The second-order valence-electron chi connectivity index (χ2n) is 5.66. The van der Waals surface area contributed by atoms with E-state index in [1.807, 2.05) is 31.2 Å². The van der Waals surface area contributed by atoms with Gasteiger partial charge in [-0.05, 0) is 25.5 Å². The van der Waals surface area contributed by atoms with E-state index in [-0.39, 0.29) is 26.1 Å². The van der Waals surface area contributed by atoms with Gasteiger partial charge in [-0.3, -0.25) is 4.79 Å². The number of carbonyl (C=O) groups is 1. The molecule has 1 N–H and O–H groups in total. The molecule has 1 fully saturated rings. The topological polar surface area (TPSA) is 32.3 Å². The monoisotopic (exact) mass is 300 g/mol. The van der Waals surface area contributed by atoms with E-state index in [4.69, 9.17) is 0 Å². The van der Waals surface area contributed by atoms with Gasteiger partial charge in [-0.2, -0.15) is 13.2 Å². The van der Waals surface area contributed by atoms with Gasteiger partial charge in [-0.15, -0.1) is 0 Å². The number of halogens is 3. The summed E-state index contributed by atoms with van der Waals surface area (Å²) in [6.45, 7) is 1.96. The first kappa shape index (κ1) is 15.8. The minimum Gasteiger partial charge on any atom is -0.341 e. The molecule has 1 aliphatic heterocycles. The predicted molar refractivity (Wildman–Crippen MR) is 73.6 cm³/mol. The summed E-state index contributed by atoms with van der Waals surface area (Å²) in [5.41, 5.74) is -0.443. The molecule has 1 aromatic carbocycles. The van der Waals surface area contributed by atoms with Crippen LogP contribution in [0.1, 0.15) is 17.5 Å². The van der Waals surface area contributed by atoms with E-state index >= 15 is 0 Å². The molecule has 6 heteroatoms. The fraction of sp³-hybridized carbons (Fsp3) is 0.533. The van der Waals surface area contributed by atoms with Crippen molar-refractivity contribution >= 4 is 5.91 Å². The third kappa shape index (κ3) is 3.05. The van der Waals surface area contributed by atoms with Gasteiger partial charge in [0.2, 0.25) is 5.91 Å². The van der Waals surface area contributed by atoms with Gasteiger partial charge in [0, 0.05) is 20.1 Å². The largest absolute Gasteiger partial charge is 0.404 e. The zero-order valence-corrected chi connectivity index (χ0v) is 12.1. The van der Waals surface area contributed by atoms with Gasteiger partial charge >= 0.3 is 6.18 Å². The van der Waals surface area contributed by atoms with Gasteiger partial charge in [0.15, 0.2) is 5.41 Å². The lowest BCUT2D eigenvalue weighted by molar-refractivity contribution is -0.221. The van der Waals surface area contributed by atoms with E-state index in [9.17, 15) is 18.0 Å². The van der Waals surface area contributed by atoms with E-state index in [0.717, 1.165) is 11.1 Å². The molecule has 1 saturated heterocycles. The van der Waals surface area contributed by atoms with Crippen LogP contribution in [-0.2, 0) is 11.3 Å². The molecular formula is C15H19F3N2O. The number of alkyl halides is 3. The third-order valence-corrected chi connectivity index (χ3v) is 3.96. The van der Waals surface area contributed by atoms with Gasteiger partial charge in [-0.1, -0.05) is 29.8 Å². The van der Waals surface area contributed by atoms with Gasteiger partial charge in [0.25, 0.3) is 0 Å². The SMILES string of the molecule is Cc1cccc(CN(C)C(=O)C2(C(F)(F)F)CCNC2)c1. The maximum atomic E-state index is 13.3. The number of rotatable bonds is 3. The maximum Gasteiger partial charge on any atom is 0.404 e. The van der Waals surface area contributed by atoms with Gasteiger partial charge in [0.1, 0.15) is 0 Å². The molecule has 116 valence electrons. The summed E-state index contributed by atoms with van der Waals surface area (Å²) in [4.78, 5) is 13.5. The van der Waals surface area contributed by atoms with Crippen LogP contribution in [0.25, 0.3) is 0 Å². The normalized spacial score (nSPS) is 22.3. The lowest BCUT2D eigenvalue weighted by Gasteiger charge is -2.33. The van der Waals surface area contributed by atoms with Crippen molar-refractivity contribution in [2.75, 3.05) is 20.1 Å². The van der Waals surface area contributed by atoms with Crippen molar-refractivity contribution in [1.82, 2.24) is 10.2 Å². The van der Waals surface area contributed by atoms with Crippen LogP contribution in [0.5, 0.6) is 0 Å². The first-order valence-electron chi connectivity index (χ1n) is 6.85. The molecular weight excluding hydrogens is 281 g/mol. The Hall–Kier alpha value is -1.56. The summed E-state index contributed by atoms with van der Waals surface area (Å²) < 4.78 is 40.0. The smallest absolute Gasteiger partial charge is 0.341 e. The van der Waals surface area contributed by atoms with Crippen molar-refractivity contribution in [3.05, 3.63) is 35.4 Å². The number of amides is 1. The predicted octanol–water partition coefficient (Wildman–Crippen LogP) is 2.50. The highest BCUT2D eigenvalue weighted by Crippen LogP contribution is 2.44. The third-order valence-electron chi connectivity index (χ3n) is 3.96. The van der Waals surface area contributed by atoms with Crippen molar-refractivity contribution in [2.45, 2.75) is 26.1 Å².